The number of carbonyl (C=O) groups excluding carboxylic acids is 1. The summed E-state index contributed by atoms with van der Waals surface area (Å²) in [6.45, 7) is 4.00. The lowest BCUT2D eigenvalue weighted by Crippen LogP contribution is -2.21. The van der Waals surface area contributed by atoms with Gasteiger partial charge in [-0.05, 0) is 18.9 Å². The molecule has 0 radical (unpaired) electrons. The molecule has 0 aliphatic carbocycles. The van der Waals surface area contributed by atoms with E-state index in [9.17, 15) is 4.79 Å². The van der Waals surface area contributed by atoms with E-state index in [0.29, 0.717) is 6.54 Å². The molecule has 4 nitrogen and oxygen atoms in total. The molecule has 4 heteroatoms. The van der Waals surface area contributed by atoms with Gasteiger partial charge in [0.1, 0.15) is 6.34 Å². The number of allylic oxidation sites excluding steroid dienone is 1. The first-order chi connectivity index (χ1) is 6.20. The standard InChI is InChI=1S/C9H15N3O/c1-3-9(6-11-7-10)4-5-12-8(2)13/h3,6-7,10H,4-5H2,1-2H3,(H,12,13)/b9-3-,10-7?,11-6-. The van der Waals surface area contributed by atoms with Crippen molar-refractivity contribution in [3.8, 4) is 0 Å². The molecule has 0 bridgehead atoms. The number of rotatable bonds is 5. The van der Waals surface area contributed by atoms with E-state index < -0.39 is 0 Å². The third kappa shape index (κ3) is 6.93. The predicted molar refractivity (Wildman–Crippen MR) is 54.3 cm³/mol. The Kier molecular flexibility index (Phi) is 6.41. The molecule has 0 aromatic heterocycles. The van der Waals surface area contributed by atoms with Gasteiger partial charge in [-0.2, -0.15) is 0 Å². The molecule has 0 rings (SSSR count). The highest BCUT2D eigenvalue weighted by Crippen LogP contribution is 1.95. The Labute approximate surface area is 78.3 Å². The topological polar surface area (TPSA) is 65.3 Å². The van der Waals surface area contributed by atoms with Gasteiger partial charge in [-0.25, -0.2) is 4.99 Å². The van der Waals surface area contributed by atoms with Crippen molar-refractivity contribution in [3.05, 3.63) is 11.6 Å². The van der Waals surface area contributed by atoms with Gasteiger partial charge in [0.05, 0.1) is 0 Å². The van der Waals surface area contributed by atoms with Crippen molar-refractivity contribution in [2.75, 3.05) is 6.54 Å². The maximum atomic E-state index is 10.5. The number of hydrogen-bond donors (Lipinski definition) is 2. The summed E-state index contributed by atoms with van der Waals surface area (Å²) in [5, 5.41) is 9.38. The average Bonchev–Trinajstić information content (AvgIpc) is 2.10. The van der Waals surface area contributed by atoms with E-state index in [1.807, 2.05) is 13.0 Å². The number of nitrogens with zero attached hydrogens (tertiary/aromatic N) is 1. The zero-order chi connectivity index (χ0) is 10.1. The normalized spacial score (nSPS) is 11.7. The van der Waals surface area contributed by atoms with Crippen LogP contribution < -0.4 is 5.32 Å². The fraction of sp³-hybridized carbons (Fsp3) is 0.444. The van der Waals surface area contributed by atoms with Crippen LogP contribution in [0.1, 0.15) is 20.3 Å². The molecule has 0 spiro atoms. The Morgan fingerprint density at radius 2 is 2.31 bits per heavy atom. The summed E-state index contributed by atoms with van der Waals surface area (Å²) >= 11 is 0. The molecule has 0 aliphatic heterocycles. The van der Waals surface area contributed by atoms with E-state index in [2.05, 4.69) is 10.3 Å². The molecule has 0 heterocycles. The molecule has 0 unspecified atom stereocenters. The number of aliphatic imine (C=N–C) groups is 1. The second-order valence-corrected chi connectivity index (χ2v) is 2.50. The van der Waals surface area contributed by atoms with E-state index in [-0.39, 0.29) is 5.91 Å². The average molecular weight is 181 g/mol. The van der Waals surface area contributed by atoms with Crippen molar-refractivity contribution < 1.29 is 4.79 Å². The predicted octanol–water partition coefficient (Wildman–Crippen LogP) is 1.14. The summed E-state index contributed by atoms with van der Waals surface area (Å²) in [7, 11) is 0. The smallest absolute Gasteiger partial charge is 0.216 e. The lowest BCUT2D eigenvalue weighted by Gasteiger charge is -2.01. The van der Waals surface area contributed by atoms with Crippen LogP contribution in [0.3, 0.4) is 0 Å². The quantitative estimate of drug-likeness (QED) is 0.484. The minimum atomic E-state index is -0.0283. The van der Waals surface area contributed by atoms with Gasteiger partial charge in [-0.1, -0.05) is 6.08 Å². The van der Waals surface area contributed by atoms with Crippen LogP contribution in [0.4, 0.5) is 0 Å². The highest BCUT2D eigenvalue weighted by molar-refractivity contribution is 5.84. The van der Waals surface area contributed by atoms with Gasteiger partial charge in [0.25, 0.3) is 0 Å². The Bertz CT molecular complexity index is 231. The van der Waals surface area contributed by atoms with E-state index in [1.54, 1.807) is 6.21 Å². The second kappa shape index (κ2) is 7.21. The maximum Gasteiger partial charge on any atom is 0.216 e. The van der Waals surface area contributed by atoms with Crippen molar-refractivity contribution in [1.82, 2.24) is 5.32 Å². The zero-order valence-electron chi connectivity index (χ0n) is 8.00. The van der Waals surface area contributed by atoms with Gasteiger partial charge in [0, 0.05) is 19.7 Å². The molecule has 0 aromatic carbocycles. The molecular formula is C9H15N3O. The van der Waals surface area contributed by atoms with Gasteiger partial charge >= 0.3 is 0 Å². The first-order valence-corrected chi connectivity index (χ1v) is 4.12. The van der Waals surface area contributed by atoms with Gasteiger partial charge < -0.3 is 5.32 Å². The molecule has 0 aromatic rings. The summed E-state index contributed by atoms with van der Waals surface area (Å²) in [6.07, 6.45) is 5.26. The van der Waals surface area contributed by atoms with E-state index in [1.165, 1.54) is 6.92 Å². The van der Waals surface area contributed by atoms with Crippen LogP contribution in [0.15, 0.2) is 16.6 Å². The highest BCUT2D eigenvalue weighted by atomic mass is 16.1. The van der Waals surface area contributed by atoms with E-state index in [4.69, 9.17) is 5.41 Å². The van der Waals surface area contributed by atoms with Crippen LogP contribution in [0.25, 0.3) is 0 Å². The minimum absolute atomic E-state index is 0.0283. The fourth-order valence-electron chi connectivity index (χ4n) is 0.799. The number of carbonyl (C=O) groups is 1. The van der Waals surface area contributed by atoms with Crippen molar-refractivity contribution in [2.24, 2.45) is 4.99 Å². The number of amides is 1. The Hall–Kier alpha value is -1.45. The van der Waals surface area contributed by atoms with Gasteiger partial charge in [0.2, 0.25) is 5.91 Å². The van der Waals surface area contributed by atoms with Crippen LogP contribution >= 0.6 is 0 Å². The molecule has 0 saturated carbocycles. The summed E-state index contributed by atoms with van der Waals surface area (Å²) in [4.78, 5) is 14.2. The monoisotopic (exact) mass is 181 g/mol. The molecule has 0 aliphatic rings. The van der Waals surface area contributed by atoms with Crippen molar-refractivity contribution in [3.63, 3.8) is 0 Å². The lowest BCUT2D eigenvalue weighted by molar-refractivity contribution is -0.118. The minimum Gasteiger partial charge on any atom is -0.356 e. The molecule has 1 amide bonds. The van der Waals surface area contributed by atoms with Crippen LogP contribution in [-0.2, 0) is 4.79 Å². The summed E-state index contributed by atoms with van der Waals surface area (Å²) < 4.78 is 0. The number of nitrogens with one attached hydrogen (secondary N) is 2. The maximum absolute atomic E-state index is 10.5. The van der Waals surface area contributed by atoms with Crippen LogP contribution in [0.2, 0.25) is 0 Å². The van der Waals surface area contributed by atoms with Crippen LogP contribution in [0.5, 0.6) is 0 Å². The molecule has 13 heavy (non-hydrogen) atoms. The third-order valence-electron chi connectivity index (χ3n) is 1.47. The highest BCUT2D eigenvalue weighted by Gasteiger charge is 1.93. The largest absolute Gasteiger partial charge is 0.356 e. The summed E-state index contributed by atoms with van der Waals surface area (Å²) in [6, 6.07) is 0. The molecule has 72 valence electrons. The van der Waals surface area contributed by atoms with Crippen molar-refractivity contribution >= 4 is 18.5 Å². The van der Waals surface area contributed by atoms with E-state index >= 15 is 0 Å². The third-order valence-corrected chi connectivity index (χ3v) is 1.47. The Balaban J connectivity index is 3.80. The van der Waals surface area contributed by atoms with Crippen LogP contribution in [-0.4, -0.2) is 25.0 Å². The lowest BCUT2D eigenvalue weighted by atomic mass is 10.2. The van der Waals surface area contributed by atoms with Crippen molar-refractivity contribution in [1.29, 1.82) is 5.41 Å². The van der Waals surface area contributed by atoms with E-state index in [0.717, 1.165) is 18.3 Å². The Morgan fingerprint density at radius 1 is 1.62 bits per heavy atom. The SMILES string of the molecule is C/C=C(\C=N/C=N)CCNC(C)=O. The second-order valence-electron chi connectivity index (χ2n) is 2.50. The summed E-state index contributed by atoms with van der Waals surface area (Å²) in [5.41, 5.74) is 1.01. The van der Waals surface area contributed by atoms with Crippen molar-refractivity contribution in [2.45, 2.75) is 20.3 Å². The summed E-state index contributed by atoms with van der Waals surface area (Å²) in [5.74, 6) is -0.0283. The first-order valence-electron chi connectivity index (χ1n) is 4.12. The molecule has 2 N–H and O–H groups in total. The zero-order valence-corrected chi connectivity index (χ0v) is 8.00. The molecule has 0 fully saturated rings. The number of hydrogen-bond acceptors (Lipinski definition) is 2. The van der Waals surface area contributed by atoms with Gasteiger partial charge in [0.15, 0.2) is 0 Å². The Morgan fingerprint density at radius 3 is 2.77 bits per heavy atom. The van der Waals surface area contributed by atoms with Crippen LogP contribution in [0, 0.1) is 5.41 Å². The van der Waals surface area contributed by atoms with Gasteiger partial charge in [-0.3, -0.25) is 10.2 Å². The molecular weight excluding hydrogens is 166 g/mol. The van der Waals surface area contributed by atoms with Gasteiger partial charge in [-0.15, -0.1) is 0 Å². The molecule has 0 atom stereocenters. The first kappa shape index (κ1) is 11.6. The molecule has 0 saturated heterocycles. The fourth-order valence-corrected chi connectivity index (χ4v) is 0.799.